The van der Waals surface area contributed by atoms with E-state index in [0.29, 0.717) is 11.3 Å². The van der Waals surface area contributed by atoms with Crippen LogP contribution in [-0.2, 0) is 4.79 Å². The first kappa shape index (κ1) is 12.6. The fourth-order valence-corrected chi connectivity index (χ4v) is 2.27. The SMILES string of the molecule is Cc1cccc(NC(=O)C2(C)CCCN2)c1C#N. The first-order valence-electron chi connectivity index (χ1n) is 6.13. The van der Waals surface area contributed by atoms with Crippen molar-refractivity contribution >= 4 is 11.6 Å². The molecule has 1 fully saturated rings. The molecule has 4 nitrogen and oxygen atoms in total. The number of nitrogens with zero attached hydrogens (tertiary/aromatic N) is 1. The Labute approximate surface area is 107 Å². The van der Waals surface area contributed by atoms with Crippen LogP contribution in [0.4, 0.5) is 5.69 Å². The van der Waals surface area contributed by atoms with Gasteiger partial charge in [-0.3, -0.25) is 4.79 Å². The van der Waals surface area contributed by atoms with Crippen LogP contribution < -0.4 is 10.6 Å². The van der Waals surface area contributed by atoms with Gasteiger partial charge in [-0.25, -0.2) is 0 Å². The molecule has 0 saturated carbocycles. The van der Waals surface area contributed by atoms with Crippen molar-refractivity contribution in [3.63, 3.8) is 0 Å². The molecule has 0 bridgehead atoms. The molecular weight excluding hydrogens is 226 g/mol. The van der Waals surface area contributed by atoms with E-state index in [9.17, 15) is 4.79 Å². The molecule has 1 amide bonds. The summed E-state index contributed by atoms with van der Waals surface area (Å²) in [6, 6.07) is 7.61. The third-order valence-electron chi connectivity index (χ3n) is 3.50. The van der Waals surface area contributed by atoms with Gasteiger partial charge in [-0.15, -0.1) is 0 Å². The topological polar surface area (TPSA) is 64.9 Å². The third kappa shape index (κ3) is 2.22. The first-order chi connectivity index (χ1) is 8.57. The summed E-state index contributed by atoms with van der Waals surface area (Å²) in [4.78, 5) is 12.2. The fraction of sp³-hybridized carbons (Fsp3) is 0.429. The number of benzene rings is 1. The van der Waals surface area contributed by atoms with Crippen molar-refractivity contribution in [1.82, 2.24) is 5.32 Å². The monoisotopic (exact) mass is 243 g/mol. The Hall–Kier alpha value is -1.86. The predicted octanol–water partition coefficient (Wildman–Crippen LogP) is 1.95. The zero-order chi connectivity index (χ0) is 13.2. The van der Waals surface area contributed by atoms with Crippen molar-refractivity contribution < 1.29 is 4.79 Å². The van der Waals surface area contributed by atoms with E-state index in [1.807, 2.05) is 26.0 Å². The quantitative estimate of drug-likeness (QED) is 0.834. The molecule has 1 aliphatic rings. The second kappa shape index (κ2) is 4.79. The zero-order valence-electron chi connectivity index (χ0n) is 10.7. The average Bonchev–Trinajstić information content (AvgIpc) is 2.78. The van der Waals surface area contributed by atoms with Crippen LogP contribution in [0.1, 0.15) is 30.9 Å². The number of hydrogen-bond acceptors (Lipinski definition) is 3. The fourth-order valence-electron chi connectivity index (χ4n) is 2.27. The average molecular weight is 243 g/mol. The number of aryl methyl sites for hydroxylation is 1. The molecule has 2 rings (SSSR count). The lowest BCUT2D eigenvalue weighted by atomic mass is 9.98. The molecule has 1 saturated heterocycles. The maximum Gasteiger partial charge on any atom is 0.244 e. The Morgan fingerprint density at radius 1 is 1.56 bits per heavy atom. The molecule has 0 aromatic heterocycles. The van der Waals surface area contributed by atoms with Crippen LogP contribution in [0.2, 0.25) is 0 Å². The van der Waals surface area contributed by atoms with E-state index >= 15 is 0 Å². The van der Waals surface area contributed by atoms with Gasteiger partial charge >= 0.3 is 0 Å². The summed E-state index contributed by atoms with van der Waals surface area (Å²) in [5.41, 5.74) is 1.49. The van der Waals surface area contributed by atoms with E-state index in [1.165, 1.54) is 0 Å². The standard InChI is InChI=1S/C14H17N3O/c1-10-5-3-6-12(11(10)9-15)17-13(18)14(2)7-4-8-16-14/h3,5-6,16H,4,7-8H2,1-2H3,(H,17,18). The summed E-state index contributed by atoms with van der Waals surface area (Å²) in [6.07, 6.45) is 1.83. The lowest BCUT2D eigenvalue weighted by Crippen LogP contribution is -2.48. The van der Waals surface area contributed by atoms with E-state index in [-0.39, 0.29) is 5.91 Å². The minimum Gasteiger partial charge on any atom is -0.323 e. The van der Waals surface area contributed by atoms with Crippen molar-refractivity contribution in [2.75, 3.05) is 11.9 Å². The highest BCUT2D eigenvalue weighted by Crippen LogP contribution is 2.23. The molecule has 0 spiro atoms. The summed E-state index contributed by atoms with van der Waals surface area (Å²) in [5, 5.41) is 15.2. The zero-order valence-corrected chi connectivity index (χ0v) is 10.7. The second-order valence-corrected chi connectivity index (χ2v) is 4.93. The van der Waals surface area contributed by atoms with Crippen LogP contribution in [0, 0.1) is 18.3 Å². The number of carbonyl (C=O) groups excluding carboxylic acids is 1. The van der Waals surface area contributed by atoms with Crippen LogP contribution in [0.3, 0.4) is 0 Å². The van der Waals surface area contributed by atoms with E-state index < -0.39 is 5.54 Å². The van der Waals surface area contributed by atoms with Crippen molar-refractivity contribution in [1.29, 1.82) is 5.26 Å². The molecule has 0 radical (unpaired) electrons. The number of anilines is 1. The van der Waals surface area contributed by atoms with Crippen LogP contribution >= 0.6 is 0 Å². The van der Waals surface area contributed by atoms with E-state index in [2.05, 4.69) is 16.7 Å². The summed E-state index contributed by atoms with van der Waals surface area (Å²) in [6.45, 7) is 4.63. The third-order valence-corrected chi connectivity index (χ3v) is 3.50. The van der Waals surface area contributed by atoms with Gasteiger partial charge in [0.15, 0.2) is 0 Å². The molecule has 1 heterocycles. The highest BCUT2D eigenvalue weighted by molar-refractivity contribution is 5.99. The summed E-state index contributed by atoms with van der Waals surface area (Å²) in [5.74, 6) is -0.0675. The van der Waals surface area contributed by atoms with Gasteiger partial charge in [0.25, 0.3) is 0 Å². The van der Waals surface area contributed by atoms with Crippen molar-refractivity contribution in [2.24, 2.45) is 0 Å². The van der Waals surface area contributed by atoms with Crippen LogP contribution in [0.25, 0.3) is 0 Å². The second-order valence-electron chi connectivity index (χ2n) is 4.93. The molecule has 2 N–H and O–H groups in total. The Balaban J connectivity index is 2.22. The molecule has 1 unspecified atom stereocenters. The maximum atomic E-state index is 12.2. The molecule has 1 aromatic carbocycles. The largest absolute Gasteiger partial charge is 0.323 e. The van der Waals surface area contributed by atoms with Crippen LogP contribution in [0.15, 0.2) is 18.2 Å². The van der Waals surface area contributed by atoms with Crippen LogP contribution in [-0.4, -0.2) is 18.0 Å². The van der Waals surface area contributed by atoms with Crippen molar-refractivity contribution in [3.8, 4) is 6.07 Å². The highest BCUT2D eigenvalue weighted by atomic mass is 16.2. The Bertz CT molecular complexity index is 510. The smallest absolute Gasteiger partial charge is 0.244 e. The summed E-state index contributed by atoms with van der Waals surface area (Å²) >= 11 is 0. The lowest BCUT2D eigenvalue weighted by Gasteiger charge is -2.23. The number of nitriles is 1. The minimum absolute atomic E-state index is 0.0675. The molecule has 1 aliphatic heterocycles. The maximum absolute atomic E-state index is 12.2. The van der Waals surface area contributed by atoms with Gasteiger partial charge in [-0.2, -0.15) is 5.26 Å². The van der Waals surface area contributed by atoms with Crippen LogP contribution in [0.5, 0.6) is 0 Å². The van der Waals surface area contributed by atoms with E-state index in [0.717, 1.165) is 24.9 Å². The highest BCUT2D eigenvalue weighted by Gasteiger charge is 2.36. The molecule has 0 aliphatic carbocycles. The summed E-state index contributed by atoms with van der Waals surface area (Å²) < 4.78 is 0. The Morgan fingerprint density at radius 3 is 2.94 bits per heavy atom. The van der Waals surface area contributed by atoms with Gasteiger partial charge in [0, 0.05) is 0 Å². The predicted molar refractivity (Wildman–Crippen MR) is 70.2 cm³/mol. The minimum atomic E-state index is -0.517. The lowest BCUT2D eigenvalue weighted by molar-refractivity contribution is -0.121. The van der Waals surface area contributed by atoms with Gasteiger partial charge < -0.3 is 10.6 Å². The number of amides is 1. The number of hydrogen-bond donors (Lipinski definition) is 2. The van der Waals surface area contributed by atoms with Gasteiger partial charge in [0.1, 0.15) is 6.07 Å². The number of rotatable bonds is 2. The van der Waals surface area contributed by atoms with Gasteiger partial charge in [-0.1, -0.05) is 12.1 Å². The van der Waals surface area contributed by atoms with Crippen molar-refractivity contribution in [3.05, 3.63) is 29.3 Å². The Kier molecular flexibility index (Phi) is 3.35. The van der Waals surface area contributed by atoms with E-state index in [1.54, 1.807) is 6.07 Å². The molecular formula is C14H17N3O. The molecule has 18 heavy (non-hydrogen) atoms. The van der Waals surface area contributed by atoms with Gasteiger partial charge in [0.2, 0.25) is 5.91 Å². The normalized spacial score (nSPS) is 22.5. The molecule has 94 valence electrons. The number of nitrogens with one attached hydrogen (secondary N) is 2. The van der Waals surface area contributed by atoms with Crippen molar-refractivity contribution in [2.45, 2.75) is 32.2 Å². The van der Waals surface area contributed by atoms with E-state index in [4.69, 9.17) is 5.26 Å². The molecule has 1 atom stereocenters. The van der Waals surface area contributed by atoms with Gasteiger partial charge in [0.05, 0.1) is 16.8 Å². The van der Waals surface area contributed by atoms with Gasteiger partial charge in [-0.05, 0) is 44.9 Å². The molecule has 4 heteroatoms. The Morgan fingerprint density at radius 2 is 2.33 bits per heavy atom. The number of carbonyl (C=O) groups is 1. The first-order valence-corrected chi connectivity index (χ1v) is 6.13. The molecule has 1 aromatic rings. The summed E-state index contributed by atoms with van der Waals surface area (Å²) in [7, 11) is 0.